The Kier molecular flexibility index (Phi) is 6.24. The molecule has 1 aromatic heterocycles. The molecular formula is C53H40BN2. The fourth-order valence-corrected chi connectivity index (χ4v) is 10.6. The maximum atomic E-state index is 3.90. The lowest BCUT2D eigenvalue weighted by Gasteiger charge is -2.36. The van der Waals surface area contributed by atoms with Crippen LogP contribution in [0.2, 0.25) is 0 Å². The van der Waals surface area contributed by atoms with E-state index in [1.807, 2.05) is 0 Å². The van der Waals surface area contributed by atoms with E-state index in [4.69, 9.17) is 0 Å². The van der Waals surface area contributed by atoms with Gasteiger partial charge in [-0.3, -0.25) is 0 Å². The van der Waals surface area contributed by atoms with Crippen molar-refractivity contribution in [1.29, 1.82) is 0 Å². The Hall–Kier alpha value is -6.32. The Morgan fingerprint density at radius 3 is 1.89 bits per heavy atom. The van der Waals surface area contributed by atoms with Gasteiger partial charge in [-0.2, -0.15) is 0 Å². The number of nitrogens with zero attached hydrogens (tertiary/aromatic N) is 1. The van der Waals surface area contributed by atoms with E-state index in [0.717, 1.165) is 0 Å². The van der Waals surface area contributed by atoms with E-state index in [0.29, 0.717) is 0 Å². The number of rotatable bonds is 2. The summed E-state index contributed by atoms with van der Waals surface area (Å²) < 4.78 is 0. The molecule has 0 unspecified atom stereocenters. The zero-order valence-electron chi connectivity index (χ0n) is 32.4. The van der Waals surface area contributed by atoms with Crippen molar-refractivity contribution < 1.29 is 0 Å². The summed E-state index contributed by atoms with van der Waals surface area (Å²) >= 11 is 0. The molecule has 2 heterocycles. The number of anilines is 3. The molecule has 0 saturated heterocycles. The summed E-state index contributed by atoms with van der Waals surface area (Å²) in [6.45, 7) is 11.7. The van der Waals surface area contributed by atoms with Crippen LogP contribution < -0.4 is 15.8 Å². The van der Waals surface area contributed by atoms with Crippen LogP contribution in [0, 0.1) is 6.92 Å². The van der Waals surface area contributed by atoms with Crippen LogP contribution in [0.4, 0.5) is 17.1 Å². The zero-order valence-corrected chi connectivity index (χ0v) is 32.4. The van der Waals surface area contributed by atoms with Crippen LogP contribution in [0.5, 0.6) is 0 Å². The monoisotopic (exact) mass is 715 g/mol. The molecular weight excluding hydrogens is 675 g/mol. The summed E-state index contributed by atoms with van der Waals surface area (Å²) in [4.78, 5) is 6.46. The maximum Gasteiger partial charge on any atom is 0.197 e. The predicted molar refractivity (Wildman–Crippen MR) is 238 cm³/mol. The van der Waals surface area contributed by atoms with Gasteiger partial charge in [0.15, 0.2) is 7.28 Å². The van der Waals surface area contributed by atoms with Crippen LogP contribution in [0.3, 0.4) is 0 Å². The molecule has 8 aromatic carbocycles. The number of aromatic amines is 1. The smallest absolute Gasteiger partial charge is 0.197 e. The molecule has 3 heteroatoms. The Labute approximate surface area is 328 Å². The van der Waals surface area contributed by atoms with Gasteiger partial charge in [-0.1, -0.05) is 142 Å². The van der Waals surface area contributed by atoms with Crippen LogP contribution in [0.1, 0.15) is 55.5 Å². The van der Waals surface area contributed by atoms with Crippen LogP contribution in [0.15, 0.2) is 146 Å². The van der Waals surface area contributed by atoms with Gasteiger partial charge in [-0.25, -0.2) is 0 Å². The molecule has 0 saturated carbocycles. The second-order valence-corrected chi connectivity index (χ2v) is 17.4. The molecule has 2 aliphatic carbocycles. The molecule has 3 aliphatic rings. The summed E-state index contributed by atoms with van der Waals surface area (Å²) in [5.74, 6) is 0. The van der Waals surface area contributed by atoms with E-state index in [-0.39, 0.29) is 10.8 Å². The minimum Gasteiger partial charge on any atom is -0.354 e. The Bertz CT molecular complexity index is 3200. The number of fused-ring (bicyclic) bond motifs is 12. The second-order valence-electron chi connectivity index (χ2n) is 17.4. The van der Waals surface area contributed by atoms with E-state index in [2.05, 4.69) is 197 Å². The molecule has 1 aliphatic heterocycles. The molecule has 1 radical (unpaired) electrons. The number of aryl methyl sites for hydroxylation is 1. The summed E-state index contributed by atoms with van der Waals surface area (Å²) in [6, 6.07) is 55.1. The number of H-pyrrole nitrogens is 1. The van der Waals surface area contributed by atoms with Gasteiger partial charge in [0.2, 0.25) is 0 Å². The molecule has 0 fully saturated rings. The highest BCUT2D eigenvalue weighted by Crippen LogP contribution is 2.53. The first-order valence-corrected chi connectivity index (χ1v) is 19.9. The van der Waals surface area contributed by atoms with E-state index >= 15 is 0 Å². The molecule has 12 rings (SSSR count). The van der Waals surface area contributed by atoms with Gasteiger partial charge in [-0.15, -0.1) is 0 Å². The molecule has 1 N–H and O–H groups in total. The van der Waals surface area contributed by atoms with Crippen molar-refractivity contribution in [2.45, 2.75) is 45.4 Å². The Morgan fingerprint density at radius 2 is 1.12 bits per heavy atom. The maximum absolute atomic E-state index is 3.90. The number of nitrogens with one attached hydrogen (secondary N) is 1. The Balaban J connectivity index is 1.13. The molecule has 2 nitrogen and oxygen atoms in total. The molecule has 9 aromatic rings. The van der Waals surface area contributed by atoms with Crippen LogP contribution in [-0.2, 0) is 10.8 Å². The average molecular weight is 716 g/mol. The van der Waals surface area contributed by atoms with E-state index < -0.39 is 0 Å². The van der Waals surface area contributed by atoms with Crippen LogP contribution in [-0.4, -0.2) is 12.3 Å². The van der Waals surface area contributed by atoms with Gasteiger partial charge >= 0.3 is 0 Å². The van der Waals surface area contributed by atoms with Crippen molar-refractivity contribution in [3.8, 4) is 33.4 Å². The standard InChI is InChI=1S/C53H40BN2/c1-30-23-41(37-18-12-17-36-40-25-31-13-6-7-14-32(31)26-47(40)55-51(36)37)50-49(24-30)56(33-21-22-44-38(27-33)34-15-8-10-19-42(34)52(44,2)3)48-28-39-35-16-9-11-20-43(35)53(4,5)45(39)29-46(48)54-50/h6-29,55H,1-5H3. The van der Waals surface area contributed by atoms with Crippen LogP contribution in [0.25, 0.3) is 66.0 Å². The highest BCUT2D eigenvalue weighted by molar-refractivity contribution is 6.73. The third kappa shape index (κ3) is 4.18. The van der Waals surface area contributed by atoms with Crippen molar-refractivity contribution in [3.05, 3.63) is 173 Å². The number of aromatic nitrogens is 1. The lowest BCUT2D eigenvalue weighted by molar-refractivity contribution is 0.660. The average Bonchev–Trinajstić information content (AvgIpc) is 3.77. The molecule has 0 atom stereocenters. The van der Waals surface area contributed by atoms with Gasteiger partial charge in [0, 0.05) is 49.7 Å². The van der Waals surface area contributed by atoms with Gasteiger partial charge < -0.3 is 9.88 Å². The molecule has 0 amide bonds. The van der Waals surface area contributed by atoms with Crippen molar-refractivity contribution in [2.24, 2.45) is 0 Å². The van der Waals surface area contributed by atoms with Gasteiger partial charge in [0.05, 0.1) is 5.52 Å². The zero-order chi connectivity index (χ0) is 37.7. The normalized spacial score (nSPS) is 15.3. The second kappa shape index (κ2) is 10.9. The number of hydrogen-bond acceptors (Lipinski definition) is 1. The van der Waals surface area contributed by atoms with Gasteiger partial charge in [0.25, 0.3) is 0 Å². The first-order chi connectivity index (χ1) is 27.2. The van der Waals surface area contributed by atoms with E-state index in [1.165, 1.54) is 122 Å². The minimum absolute atomic E-state index is 0.0556. The first-order valence-electron chi connectivity index (χ1n) is 19.9. The fraction of sp³-hybridized carbons (Fsp3) is 0.132. The summed E-state index contributed by atoms with van der Waals surface area (Å²) in [5, 5.41) is 5.03. The molecule has 0 bridgehead atoms. The summed E-state index contributed by atoms with van der Waals surface area (Å²) in [6.07, 6.45) is 0. The highest BCUT2D eigenvalue weighted by atomic mass is 15.1. The lowest BCUT2D eigenvalue weighted by Crippen LogP contribution is -2.41. The van der Waals surface area contributed by atoms with Gasteiger partial charge in [-0.05, 0) is 115 Å². The number of hydrogen-bond donors (Lipinski definition) is 1. The highest BCUT2D eigenvalue weighted by Gasteiger charge is 2.40. The third-order valence-electron chi connectivity index (χ3n) is 13.4. The molecule has 56 heavy (non-hydrogen) atoms. The van der Waals surface area contributed by atoms with E-state index in [1.54, 1.807) is 0 Å². The quantitative estimate of drug-likeness (QED) is 0.177. The molecule has 265 valence electrons. The summed E-state index contributed by atoms with van der Waals surface area (Å²) in [5.41, 5.74) is 22.9. The molecule has 0 spiro atoms. The fourth-order valence-electron chi connectivity index (χ4n) is 10.6. The predicted octanol–water partition coefficient (Wildman–Crippen LogP) is 12.5. The minimum atomic E-state index is -0.0988. The largest absolute Gasteiger partial charge is 0.354 e. The SMILES string of the molecule is Cc1cc(-c2cccc3c2[nH]c2cc4ccccc4cc23)c2c(c1)N(c1ccc3c(c1)-c1ccccc1C3(C)C)c1cc3c(cc1[B]2)C(C)(C)c1ccccc1-3. The van der Waals surface area contributed by atoms with Crippen molar-refractivity contribution in [2.75, 3.05) is 4.90 Å². The van der Waals surface area contributed by atoms with E-state index in [9.17, 15) is 0 Å². The van der Waals surface area contributed by atoms with Crippen molar-refractivity contribution in [1.82, 2.24) is 4.98 Å². The third-order valence-corrected chi connectivity index (χ3v) is 13.4. The van der Waals surface area contributed by atoms with Gasteiger partial charge in [0.1, 0.15) is 0 Å². The van der Waals surface area contributed by atoms with Crippen molar-refractivity contribution in [3.63, 3.8) is 0 Å². The van der Waals surface area contributed by atoms with Crippen molar-refractivity contribution >= 4 is 67.8 Å². The summed E-state index contributed by atoms with van der Waals surface area (Å²) in [7, 11) is 2.47. The lowest BCUT2D eigenvalue weighted by atomic mass is 9.57. The number of para-hydroxylation sites is 1. The van der Waals surface area contributed by atoms with Crippen LogP contribution >= 0.6 is 0 Å². The first kappa shape index (κ1) is 32.0. The topological polar surface area (TPSA) is 19.0 Å². The number of benzene rings is 8. The Morgan fingerprint density at radius 1 is 0.482 bits per heavy atom.